The predicted octanol–water partition coefficient (Wildman–Crippen LogP) is 5.51. The number of rotatable bonds is 5. The van der Waals surface area contributed by atoms with Gasteiger partial charge in [0.1, 0.15) is 0 Å². The van der Waals surface area contributed by atoms with Gasteiger partial charge in [0.25, 0.3) is 0 Å². The third-order valence-electron chi connectivity index (χ3n) is 2.77. The van der Waals surface area contributed by atoms with Crippen LogP contribution in [0.25, 0.3) is 0 Å². The minimum Gasteiger partial charge on any atom is -0.165 e. The van der Waals surface area contributed by atoms with E-state index in [2.05, 4.69) is 52.0 Å². The van der Waals surface area contributed by atoms with E-state index in [1.807, 2.05) is 0 Å². The number of halogens is 1. The van der Waals surface area contributed by atoms with Crippen molar-refractivity contribution >= 4 is 12.1 Å². The van der Waals surface area contributed by atoms with Gasteiger partial charge in [-0.15, -0.1) is 0 Å². The fourth-order valence-corrected chi connectivity index (χ4v) is 2.47. The predicted molar refractivity (Wildman–Crippen MR) is 71.4 cm³/mol. The Morgan fingerprint density at radius 2 is 1.50 bits per heavy atom. The van der Waals surface area contributed by atoms with Crippen LogP contribution in [0.4, 0.5) is 3.89 Å². The Kier molecular flexibility index (Phi) is 5.33. The van der Waals surface area contributed by atoms with E-state index in [1.165, 1.54) is 5.56 Å². The van der Waals surface area contributed by atoms with E-state index in [0.717, 1.165) is 12.0 Å². The zero-order chi connectivity index (χ0) is 12.1. The third kappa shape index (κ3) is 3.82. The first-order valence-electron chi connectivity index (χ1n) is 5.91. The van der Waals surface area contributed by atoms with Gasteiger partial charge in [-0.25, -0.2) is 0 Å². The summed E-state index contributed by atoms with van der Waals surface area (Å²) in [6.45, 7) is 8.60. The molecule has 1 atom stereocenters. The Balaban J connectivity index is 2.78. The van der Waals surface area contributed by atoms with Gasteiger partial charge in [0, 0.05) is 0 Å². The molecule has 0 radical (unpaired) electrons. The van der Waals surface area contributed by atoms with Crippen LogP contribution >= 0.6 is 12.1 Å². The smallest absolute Gasteiger partial charge is 0.0615 e. The van der Waals surface area contributed by atoms with Crippen LogP contribution < -0.4 is 0 Å². The molecule has 1 aromatic rings. The highest BCUT2D eigenvalue weighted by atomic mass is 32.2. The van der Waals surface area contributed by atoms with E-state index >= 15 is 0 Å². The summed E-state index contributed by atoms with van der Waals surface area (Å²) >= 11 is 0.466. The van der Waals surface area contributed by atoms with Crippen molar-refractivity contribution in [2.75, 3.05) is 0 Å². The van der Waals surface area contributed by atoms with Crippen LogP contribution in [0.5, 0.6) is 0 Å². The van der Waals surface area contributed by atoms with Crippen molar-refractivity contribution in [1.82, 2.24) is 0 Å². The molecule has 0 fully saturated rings. The molecule has 0 aromatic heterocycles. The standard InChI is InChI=1S/C14H21FS/c1-10(2)9-14(16-15)13-7-5-12(6-8-13)11(3)4/h5-8,10-11,14H,9H2,1-4H3. The summed E-state index contributed by atoms with van der Waals surface area (Å²) in [4.78, 5) is 0. The number of hydrogen-bond donors (Lipinski definition) is 0. The zero-order valence-corrected chi connectivity index (χ0v) is 11.4. The molecule has 0 saturated heterocycles. The minimum atomic E-state index is -0.0128. The van der Waals surface area contributed by atoms with Gasteiger partial charge in [-0.3, -0.25) is 0 Å². The molecule has 0 saturated carbocycles. The van der Waals surface area contributed by atoms with E-state index in [-0.39, 0.29) is 5.25 Å². The highest BCUT2D eigenvalue weighted by Gasteiger charge is 2.14. The van der Waals surface area contributed by atoms with Gasteiger partial charge in [0.15, 0.2) is 0 Å². The van der Waals surface area contributed by atoms with Crippen LogP contribution in [-0.2, 0) is 0 Å². The second kappa shape index (κ2) is 6.29. The molecule has 1 unspecified atom stereocenters. The van der Waals surface area contributed by atoms with Crippen LogP contribution in [0.1, 0.15) is 56.4 Å². The Hall–Kier alpha value is -0.500. The van der Waals surface area contributed by atoms with Crippen LogP contribution in [0.15, 0.2) is 24.3 Å². The fourth-order valence-electron chi connectivity index (χ4n) is 1.75. The van der Waals surface area contributed by atoms with Crippen LogP contribution in [0.3, 0.4) is 0 Å². The molecule has 90 valence electrons. The highest BCUT2D eigenvalue weighted by Crippen LogP contribution is 2.35. The van der Waals surface area contributed by atoms with Crippen molar-refractivity contribution in [2.24, 2.45) is 5.92 Å². The first-order valence-corrected chi connectivity index (χ1v) is 6.69. The maximum atomic E-state index is 12.9. The van der Waals surface area contributed by atoms with Crippen LogP contribution in [-0.4, -0.2) is 0 Å². The van der Waals surface area contributed by atoms with E-state index in [0.29, 0.717) is 24.0 Å². The lowest BCUT2D eigenvalue weighted by Crippen LogP contribution is -1.98. The average Bonchev–Trinajstić information content (AvgIpc) is 2.25. The summed E-state index contributed by atoms with van der Waals surface area (Å²) in [5.74, 6) is 1.06. The van der Waals surface area contributed by atoms with Crippen molar-refractivity contribution in [2.45, 2.75) is 45.3 Å². The van der Waals surface area contributed by atoms with Crippen molar-refractivity contribution in [1.29, 1.82) is 0 Å². The summed E-state index contributed by atoms with van der Waals surface area (Å²) in [5.41, 5.74) is 2.42. The summed E-state index contributed by atoms with van der Waals surface area (Å²) in [5, 5.41) is -0.0128. The Labute approximate surface area is 103 Å². The van der Waals surface area contributed by atoms with Crippen molar-refractivity contribution < 1.29 is 3.89 Å². The topological polar surface area (TPSA) is 0 Å². The monoisotopic (exact) mass is 240 g/mol. The number of hydrogen-bond acceptors (Lipinski definition) is 1. The van der Waals surface area contributed by atoms with E-state index < -0.39 is 0 Å². The van der Waals surface area contributed by atoms with Crippen molar-refractivity contribution in [3.05, 3.63) is 35.4 Å². The molecular weight excluding hydrogens is 219 g/mol. The highest BCUT2D eigenvalue weighted by molar-refractivity contribution is 7.94. The molecule has 16 heavy (non-hydrogen) atoms. The number of benzene rings is 1. The van der Waals surface area contributed by atoms with Crippen LogP contribution in [0.2, 0.25) is 0 Å². The van der Waals surface area contributed by atoms with Crippen molar-refractivity contribution in [3.63, 3.8) is 0 Å². The molecule has 2 heteroatoms. The fraction of sp³-hybridized carbons (Fsp3) is 0.571. The lowest BCUT2D eigenvalue weighted by Gasteiger charge is -2.15. The summed E-state index contributed by atoms with van der Waals surface area (Å²) in [7, 11) is 0. The zero-order valence-electron chi connectivity index (χ0n) is 10.5. The van der Waals surface area contributed by atoms with Gasteiger partial charge >= 0.3 is 0 Å². The molecule has 1 rings (SSSR count). The average molecular weight is 240 g/mol. The summed E-state index contributed by atoms with van der Waals surface area (Å²) < 4.78 is 12.9. The van der Waals surface area contributed by atoms with Gasteiger partial charge in [-0.2, -0.15) is 3.89 Å². The van der Waals surface area contributed by atoms with Gasteiger partial charge in [0.05, 0.1) is 17.4 Å². The molecule has 0 bridgehead atoms. The molecule has 0 aliphatic heterocycles. The molecule has 0 N–H and O–H groups in total. The SMILES string of the molecule is CC(C)CC(SF)c1ccc(C(C)C)cc1. The van der Waals surface area contributed by atoms with Crippen LogP contribution in [0, 0.1) is 5.92 Å². The Morgan fingerprint density at radius 1 is 1.00 bits per heavy atom. The van der Waals surface area contributed by atoms with Gasteiger partial charge in [0.2, 0.25) is 0 Å². The summed E-state index contributed by atoms with van der Waals surface area (Å²) in [6, 6.07) is 8.36. The first-order chi connectivity index (χ1) is 7.54. The van der Waals surface area contributed by atoms with E-state index in [9.17, 15) is 3.89 Å². The van der Waals surface area contributed by atoms with E-state index in [1.54, 1.807) is 0 Å². The molecule has 0 amide bonds. The second-order valence-corrected chi connectivity index (χ2v) is 5.78. The van der Waals surface area contributed by atoms with Gasteiger partial charge in [-0.1, -0.05) is 52.0 Å². The Morgan fingerprint density at radius 3 is 1.88 bits per heavy atom. The first kappa shape index (κ1) is 13.6. The minimum absolute atomic E-state index is 0.0128. The largest absolute Gasteiger partial charge is 0.165 e. The Bertz CT molecular complexity index is 303. The maximum Gasteiger partial charge on any atom is 0.0615 e. The second-order valence-electron chi connectivity index (χ2n) is 5.03. The normalized spacial score (nSPS) is 13.4. The third-order valence-corrected chi connectivity index (χ3v) is 3.45. The molecule has 0 nitrogen and oxygen atoms in total. The molecule has 1 aromatic carbocycles. The molecule has 0 spiro atoms. The lowest BCUT2D eigenvalue weighted by atomic mass is 9.98. The van der Waals surface area contributed by atoms with Gasteiger partial charge < -0.3 is 0 Å². The van der Waals surface area contributed by atoms with E-state index in [4.69, 9.17) is 0 Å². The lowest BCUT2D eigenvalue weighted by molar-refractivity contribution is 0.574. The van der Waals surface area contributed by atoms with Crippen molar-refractivity contribution in [3.8, 4) is 0 Å². The van der Waals surface area contributed by atoms with Gasteiger partial charge in [-0.05, 0) is 29.4 Å². The quantitative estimate of drug-likeness (QED) is 0.653. The summed E-state index contributed by atoms with van der Waals surface area (Å²) in [6.07, 6.45) is 0.891. The molecular formula is C14H21FS. The molecule has 0 aliphatic rings. The maximum absolute atomic E-state index is 12.9. The molecule has 0 aliphatic carbocycles. The molecule has 0 heterocycles.